The van der Waals surface area contributed by atoms with Crippen LogP contribution in [-0.2, 0) is 14.3 Å². The maximum atomic E-state index is 12.7. The van der Waals surface area contributed by atoms with Crippen molar-refractivity contribution in [2.45, 2.75) is 57.0 Å². The van der Waals surface area contributed by atoms with Crippen LogP contribution in [-0.4, -0.2) is 41.8 Å². The number of rotatable bonds is 8. The van der Waals surface area contributed by atoms with Crippen molar-refractivity contribution in [3.63, 3.8) is 0 Å². The molecule has 0 heterocycles. The lowest BCUT2D eigenvalue weighted by atomic mass is 9.98. The Morgan fingerprint density at radius 1 is 1.03 bits per heavy atom. The van der Waals surface area contributed by atoms with Crippen molar-refractivity contribution in [2.24, 2.45) is 5.92 Å². The molecule has 7 heteroatoms. The molecule has 1 fully saturated rings. The molecular formula is C26H30N2O5. The van der Waals surface area contributed by atoms with Crippen molar-refractivity contribution in [3.8, 4) is 11.1 Å². The molecule has 174 valence electrons. The molecule has 3 N–H and O–H groups in total. The summed E-state index contributed by atoms with van der Waals surface area (Å²) in [5.41, 5.74) is 4.60. The summed E-state index contributed by atoms with van der Waals surface area (Å²) in [6, 6.07) is 15.0. The highest BCUT2D eigenvalue weighted by molar-refractivity contribution is 5.86. The zero-order valence-corrected chi connectivity index (χ0v) is 18.8. The molecule has 0 bridgehead atoms. The number of aliphatic carboxylic acids is 1. The summed E-state index contributed by atoms with van der Waals surface area (Å²) in [5.74, 6) is -1.85. The quantitative estimate of drug-likeness (QED) is 0.563. The topological polar surface area (TPSA) is 105 Å². The minimum Gasteiger partial charge on any atom is -0.480 e. The zero-order valence-electron chi connectivity index (χ0n) is 18.8. The minimum atomic E-state index is -1.04. The molecule has 33 heavy (non-hydrogen) atoms. The van der Waals surface area contributed by atoms with Crippen molar-refractivity contribution in [1.29, 1.82) is 0 Å². The Morgan fingerprint density at radius 3 is 2.27 bits per heavy atom. The molecular weight excluding hydrogens is 420 g/mol. The molecule has 2 aliphatic rings. The van der Waals surface area contributed by atoms with Crippen LogP contribution in [0, 0.1) is 5.92 Å². The molecule has 3 atom stereocenters. The van der Waals surface area contributed by atoms with Crippen molar-refractivity contribution in [2.75, 3.05) is 6.61 Å². The number of alkyl carbamates (subject to hydrolysis) is 1. The minimum absolute atomic E-state index is 0.0313. The molecule has 0 aromatic heterocycles. The Bertz CT molecular complexity index is 991. The summed E-state index contributed by atoms with van der Waals surface area (Å²) in [4.78, 5) is 36.7. The summed E-state index contributed by atoms with van der Waals surface area (Å²) in [5, 5.41) is 14.8. The Balaban J connectivity index is 1.36. The van der Waals surface area contributed by atoms with E-state index in [0.29, 0.717) is 25.7 Å². The number of carboxylic acid groups (broad SMARTS) is 1. The molecule has 2 aliphatic carbocycles. The lowest BCUT2D eigenvalue weighted by Gasteiger charge is -2.23. The monoisotopic (exact) mass is 450 g/mol. The van der Waals surface area contributed by atoms with Gasteiger partial charge in [0, 0.05) is 12.0 Å². The normalized spacial score (nSPS) is 19.9. The summed E-state index contributed by atoms with van der Waals surface area (Å²) < 4.78 is 5.61. The predicted octanol–water partition coefficient (Wildman–Crippen LogP) is 4.06. The van der Waals surface area contributed by atoms with E-state index in [1.807, 2.05) is 31.2 Å². The molecule has 7 nitrogen and oxygen atoms in total. The lowest BCUT2D eigenvalue weighted by Crippen LogP contribution is -2.48. The average molecular weight is 451 g/mol. The number of fused-ring (bicyclic) bond motifs is 3. The van der Waals surface area contributed by atoms with Crippen LogP contribution in [0.3, 0.4) is 0 Å². The fourth-order valence-corrected chi connectivity index (χ4v) is 5.06. The Kier molecular flexibility index (Phi) is 6.96. The summed E-state index contributed by atoms with van der Waals surface area (Å²) in [6.45, 7) is 2.08. The fraction of sp³-hybridized carbons (Fsp3) is 0.423. The Hall–Kier alpha value is -3.35. The maximum Gasteiger partial charge on any atom is 0.407 e. The van der Waals surface area contributed by atoms with Crippen LogP contribution in [0.5, 0.6) is 0 Å². The van der Waals surface area contributed by atoms with E-state index < -0.39 is 24.0 Å². The van der Waals surface area contributed by atoms with Crippen molar-refractivity contribution in [1.82, 2.24) is 10.6 Å². The molecule has 0 unspecified atom stereocenters. The van der Waals surface area contributed by atoms with Crippen LogP contribution >= 0.6 is 0 Å². The van der Waals surface area contributed by atoms with Gasteiger partial charge in [0.2, 0.25) is 5.91 Å². The molecule has 2 aromatic carbocycles. The van der Waals surface area contributed by atoms with E-state index in [-0.39, 0.29) is 24.5 Å². The van der Waals surface area contributed by atoms with Crippen LogP contribution < -0.4 is 10.6 Å². The largest absolute Gasteiger partial charge is 0.480 e. The van der Waals surface area contributed by atoms with E-state index in [2.05, 4.69) is 34.9 Å². The third-order valence-corrected chi connectivity index (χ3v) is 6.69. The second-order valence-corrected chi connectivity index (χ2v) is 8.80. The molecule has 4 rings (SSSR count). The number of benzene rings is 2. The van der Waals surface area contributed by atoms with E-state index in [1.165, 1.54) is 0 Å². The van der Waals surface area contributed by atoms with E-state index >= 15 is 0 Å². The third-order valence-electron chi connectivity index (χ3n) is 6.69. The Labute approximate surface area is 193 Å². The van der Waals surface area contributed by atoms with Gasteiger partial charge in [-0.2, -0.15) is 0 Å². The number of carbonyl (C=O) groups excluding carboxylic acids is 2. The average Bonchev–Trinajstić information content (AvgIpc) is 3.40. The maximum absolute atomic E-state index is 12.7. The Morgan fingerprint density at radius 2 is 1.67 bits per heavy atom. The van der Waals surface area contributed by atoms with Crippen LogP contribution in [0.2, 0.25) is 0 Å². The number of amides is 2. The molecule has 2 amide bonds. The first kappa shape index (κ1) is 22.8. The smallest absolute Gasteiger partial charge is 0.407 e. The van der Waals surface area contributed by atoms with Gasteiger partial charge < -0.3 is 20.5 Å². The van der Waals surface area contributed by atoms with E-state index in [9.17, 15) is 19.5 Å². The number of carbonyl (C=O) groups is 3. The van der Waals surface area contributed by atoms with Gasteiger partial charge in [-0.25, -0.2) is 9.59 Å². The number of carboxylic acids is 1. The number of nitrogens with one attached hydrogen (secondary N) is 2. The van der Waals surface area contributed by atoms with Gasteiger partial charge in [-0.15, -0.1) is 0 Å². The second kappa shape index (κ2) is 10.1. The summed E-state index contributed by atoms with van der Waals surface area (Å²) in [7, 11) is 0. The van der Waals surface area contributed by atoms with Gasteiger partial charge in [0.1, 0.15) is 12.6 Å². The van der Waals surface area contributed by atoms with E-state index in [1.54, 1.807) is 0 Å². The fourth-order valence-electron chi connectivity index (χ4n) is 5.06. The van der Waals surface area contributed by atoms with Crippen LogP contribution in [0.1, 0.15) is 56.1 Å². The van der Waals surface area contributed by atoms with Gasteiger partial charge in [0.15, 0.2) is 0 Å². The molecule has 0 radical (unpaired) electrons. The van der Waals surface area contributed by atoms with Crippen molar-refractivity contribution < 1.29 is 24.2 Å². The molecule has 0 saturated heterocycles. The van der Waals surface area contributed by atoms with Crippen LogP contribution in [0.15, 0.2) is 48.5 Å². The highest BCUT2D eigenvalue weighted by Crippen LogP contribution is 2.44. The summed E-state index contributed by atoms with van der Waals surface area (Å²) in [6.07, 6.45) is 2.54. The van der Waals surface area contributed by atoms with Gasteiger partial charge in [0.05, 0.1) is 5.92 Å². The number of hydrogen-bond acceptors (Lipinski definition) is 4. The van der Waals surface area contributed by atoms with Crippen molar-refractivity contribution in [3.05, 3.63) is 59.7 Å². The molecule has 0 spiro atoms. The second-order valence-electron chi connectivity index (χ2n) is 8.80. The number of ether oxygens (including phenoxy) is 1. The van der Waals surface area contributed by atoms with E-state index in [4.69, 9.17) is 4.74 Å². The SMILES string of the molecule is CCC[C@@H](NC(=O)[C@@H]1CCC[C@@H]1NC(=O)OCC1c2ccccc2-c2ccccc21)C(=O)O. The van der Waals surface area contributed by atoms with Gasteiger partial charge in [-0.3, -0.25) is 4.79 Å². The van der Waals surface area contributed by atoms with Gasteiger partial charge in [-0.05, 0) is 41.5 Å². The first-order chi connectivity index (χ1) is 16.0. The molecule has 2 aromatic rings. The van der Waals surface area contributed by atoms with Crippen molar-refractivity contribution >= 4 is 18.0 Å². The van der Waals surface area contributed by atoms with Crippen LogP contribution in [0.25, 0.3) is 11.1 Å². The van der Waals surface area contributed by atoms with Gasteiger partial charge in [-0.1, -0.05) is 68.3 Å². The predicted molar refractivity (Wildman–Crippen MR) is 124 cm³/mol. The molecule has 1 saturated carbocycles. The number of hydrogen-bond donors (Lipinski definition) is 3. The van der Waals surface area contributed by atoms with Gasteiger partial charge in [0.25, 0.3) is 0 Å². The highest BCUT2D eigenvalue weighted by Gasteiger charge is 2.36. The van der Waals surface area contributed by atoms with Crippen LogP contribution in [0.4, 0.5) is 4.79 Å². The zero-order chi connectivity index (χ0) is 23.4. The summed E-state index contributed by atoms with van der Waals surface area (Å²) >= 11 is 0. The van der Waals surface area contributed by atoms with E-state index in [0.717, 1.165) is 28.7 Å². The van der Waals surface area contributed by atoms with Gasteiger partial charge >= 0.3 is 12.1 Å². The lowest BCUT2D eigenvalue weighted by molar-refractivity contribution is -0.142. The first-order valence-corrected chi connectivity index (χ1v) is 11.6. The standard InChI is InChI=1S/C26H30N2O5/c1-2-8-23(25(30)31)27-24(29)20-13-7-14-22(20)28-26(32)33-15-21-18-11-5-3-9-16(18)17-10-4-6-12-19(17)21/h3-6,9-12,20-23H,2,7-8,13-15H2,1H3,(H,27,29)(H,28,32)(H,30,31)/t20-,22+,23-/m1/s1. The highest BCUT2D eigenvalue weighted by atomic mass is 16.5. The third kappa shape index (κ3) is 4.87. The molecule has 0 aliphatic heterocycles. The first-order valence-electron chi connectivity index (χ1n) is 11.6.